The maximum absolute atomic E-state index is 11.6. The first-order valence-electron chi connectivity index (χ1n) is 5.70. The lowest BCUT2D eigenvalue weighted by molar-refractivity contribution is -0.121. The number of aromatic carboxylic acids is 1. The Kier molecular flexibility index (Phi) is 3.61. The normalized spacial score (nSPS) is 10.3. The maximum Gasteiger partial charge on any atom is 0.357 e. The summed E-state index contributed by atoms with van der Waals surface area (Å²) in [5, 5.41) is 16.2. The maximum atomic E-state index is 11.6. The van der Waals surface area contributed by atoms with Crippen molar-refractivity contribution in [2.24, 2.45) is 0 Å². The summed E-state index contributed by atoms with van der Waals surface area (Å²) in [6, 6.07) is 6.91. The zero-order chi connectivity index (χ0) is 13.8. The molecule has 0 atom stereocenters. The van der Waals surface area contributed by atoms with Gasteiger partial charge in [0, 0.05) is 11.9 Å². The van der Waals surface area contributed by atoms with E-state index in [0.29, 0.717) is 17.4 Å². The van der Waals surface area contributed by atoms with Gasteiger partial charge in [-0.2, -0.15) is 5.10 Å². The van der Waals surface area contributed by atoms with Gasteiger partial charge in [-0.15, -0.1) is 6.58 Å². The van der Waals surface area contributed by atoms with Gasteiger partial charge in [0.25, 0.3) is 0 Å². The molecule has 0 saturated heterocycles. The van der Waals surface area contributed by atoms with E-state index in [2.05, 4.69) is 17.0 Å². The van der Waals surface area contributed by atoms with Crippen LogP contribution >= 0.6 is 0 Å². The highest BCUT2D eigenvalue weighted by Crippen LogP contribution is 2.18. The first-order chi connectivity index (χ1) is 9.13. The number of hydrogen-bond acceptors (Lipinski definition) is 3. The first kappa shape index (κ1) is 12.8. The van der Waals surface area contributed by atoms with Crippen LogP contribution in [0.3, 0.4) is 0 Å². The molecule has 1 heterocycles. The smallest absolute Gasteiger partial charge is 0.357 e. The molecule has 0 unspecified atom stereocenters. The fraction of sp³-hybridized carbons (Fsp3) is 0.154. The van der Waals surface area contributed by atoms with E-state index in [-0.39, 0.29) is 18.1 Å². The molecule has 98 valence electrons. The van der Waals surface area contributed by atoms with Crippen molar-refractivity contribution >= 4 is 22.8 Å². The van der Waals surface area contributed by atoms with Gasteiger partial charge in [-0.05, 0) is 6.07 Å². The van der Waals surface area contributed by atoms with Crippen molar-refractivity contribution in [2.45, 2.75) is 6.54 Å². The number of carboxylic acid groups (broad SMARTS) is 1. The number of carbonyl (C=O) groups is 2. The van der Waals surface area contributed by atoms with Crippen LogP contribution in [0.15, 0.2) is 36.9 Å². The minimum Gasteiger partial charge on any atom is -0.476 e. The number of carbonyl (C=O) groups excluding carboxylic acids is 1. The summed E-state index contributed by atoms with van der Waals surface area (Å²) in [4.78, 5) is 22.7. The number of rotatable bonds is 5. The fourth-order valence-electron chi connectivity index (χ4n) is 1.78. The lowest BCUT2D eigenvalue weighted by Crippen LogP contribution is -2.28. The van der Waals surface area contributed by atoms with Gasteiger partial charge in [0.15, 0.2) is 5.69 Å². The van der Waals surface area contributed by atoms with E-state index < -0.39 is 5.97 Å². The molecule has 6 heteroatoms. The van der Waals surface area contributed by atoms with Crippen molar-refractivity contribution in [3.63, 3.8) is 0 Å². The van der Waals surface area contributed by atoms with E-state index in [1.807, 2.05) is 0 Å². The van der Waals surface area contributed by atoms with E-state index in [4.69, 9.17) is 5.11 Å². The topological polar surface area (TPSA) is 84.2 Å². The fourth-order valence-corrected chi connectivity index (χ4v) is 1.78. The Morgan fingerprint density at radius 3 is 2.84 bits per heavy atom. The third kappa shape index (κ3) is 2.62. The van der Waals surface area contributed by atoms with Crippen LogP contribution < -0.4 is 5.32 Å². The lowest BCUT2D eigenvalue weighted by Gasteiger charge is -2.03. The van der Waals surface area contributed by atoms with Gasteiger partial charge in [-0.1, -0.05) is 24.3 Å². The molecule has 0 aliphatic carbocycles. The average molecular weight is 259 g/mol. The Morgan fingerprint density at radius 1 is 1.42 bits per heavy atom. The third-order valence-corrected chi connectivity index (χ3v) is 2.60. The van der Waals surface area contributed by atoms with E-state index in [1.165, 1.54) is 4.68 Å². The van der Waals surface area contributed by atoms with Crippen LogP contribution in [-0.2, 0) is 11.3 Å². The number of nitrogens with one attached hydrogen (secondary N) is 1. The molecule has 1 aromatic heterocycles. The second-order valence-corrected chi connectivity index (χ2v) is 3.92. The number of hydrogen-bond donors (Lipinski definition) is 2. The summed E-state index contributed by atoms with van der Waals surface area (Å²) in [7, 11) is 0. The highest BCUT2D eigenvalue weighted by atomic mass is 16.4. The SMILES string of the molecule is C=CCNC(=O)Cn1nc(C(=O)O)c2ccccc21. The van der Waals surface area contributed by atoms with Gasteiger partial charge in [0.1, 0.15) is 6.54 Å². The van der Waals surface area contributed by atoms with Gasteiger partial charge >= 0.3 is 5.97 Å². The van der Waals surface area contributed by atoms with Crippen molar-refractivity contribution in [3.05, 3.63) is 42.6 Å². The second-order valence-electron chi connectivity index (χ2n) is 3.92. The molecule has 19 heavy (non-hydrogen) atoms. The summed E-state index contributed by atoms with van der Waals surface area (Å²) in [5.74, 6) is -1.36. The van der Waals surface area contributed by atoms with Crippen LogP contribution in [0.2, 0.25) is 0 Å². The summed E-state index contributed by atoms with van der Waals surface area (Å²) >= 11 is 0. The largest absolute Gasteiger partial charge is 0.476 e. The summed E-state index contributed by atoms with van der Waals surface area (Å²) in [5.41, 5.74) is 0.570. The molecule has 2 N–H and O–H groups in total. The Morgan fingerprint density at radius 2 is 2.16 bits per heavy atom. The van der Waals surface area contributed by atoms with Crippen LogP contribution in [0.25, 0.3) is 10.9 Å². The third-order valence-electron chi connectivity index (χ3n) is 2.60. The zero-order valence-electron chi connectivity index (χ0n) is 10.2. The van der Waals surface area contributed by atoms with E-state index in [9.17, 15) is 9.59 Å². The molecule has 0 fully saturated rings. The van der Waals surface area contributed by atoms with Crippen molar-refractivity contribution in [3.8, 4) is 0 Å². The molecule has 0 aliphatic rings. The number of nitrogens with zero attached hydrogens (tertiary/aromatic N) is 2. The molecular formula is C13H13N3O3. The lowest BCUT2D eigenvalue weighted by atomic mass is 10.2. The van der Waals surface area contributed by atoms with E-state index in [0.717, 1.165) is 0 Å². The monoisotopic (exact) mass is 259 g/mol. The Balaban J connectivity index is 2.35. The van der Waals surface area contributed by atoms with Gasteiger partial charge in [-0.3, -0.25) is 9.48 Å². The van der Waals surface area contributed by atoms with Gasteiger partial charge in [0.2, 0.25) is 5.91 Å². The highest BCUT2D eigenvalue weighted by Gasteiger charge is 2.16. The quantitative estimate of drug-likeness (QED) is 0.786. The summed E-state index contributed by atoms with van der Waals surface area (Å²) < 4.78 is 1.39. The Labute approximate surface area is 109 Å². The number of carboxylic acids is 1. The predicted octanol–water partition coefficient (Wildman–Crippen LogP) is 1.04. The minimum atomic E-state index is -1.11. The van der Waals surface area contributed by atoms with Crippen LogP contribution in [0.4, 0.5) is 0 Å². The molecular weight excluding hydrogens is 246 g/mol. The number of aromatic nitrogens is 2. The van der Waals surface area contributed by atoms with Gasteiger partial charge in [-0.25, -0.2) is 4.79 Å². The molecule has 0 saturated carbocycles. The Hall–Kier alpha value is -2.63. The van der Waals surface area contributed by atoms with Crippen LogP contribution in [0, 0.1) is 0 Å². The number of fused-ring (bicyclic) bond motifs is 1. The molecule has 1 aromatic carbocycles. The molecule has 0 bridgehead atoms. The van der Waals surface area contributed by atoms with Crippen LogP contribution in [0.5, 0.6) is 0 Å². The first-order valence-corrected chi connectivity index (χ1v) is 5.70. The molecule has 2 rings (SSSR count). The molecule has 0 spiro atoms. The zero-order valence-corrected chi connectivity index (χ0v) is 10.2. The van der Waals surface area contributed by atoms with Crippen LogP contribution in [0.1, 0.15) is 10.5 Å². The Bertz CT molecular complexity index is 646. The van der Waals surface area contributed by atoms with Crippen molar-refractivity contribution in [1.82, 2.24) is 15.1 Å². The van der Waals surface area contributed by atoms with Gasteiger partial charge < -0.3 is 10.4 Å². The second kappa shape index (κ2) is 5.34. The van der Waals surface area contributed by atoms with E-state index >= 15 is 0 Å². The molecule has 0 radical (unpaired) electrons. The van der Waals surface area contributed by atoms with E-state index in [1.54, 1.807) is 30.3 Å². The van der Waals surface area contributed by atoms with Crippen molar-refractivity contribution < 1.29 is 14.7 Å². The number of para-hydroxylation sites is 1. The number of amides is 1. The standard InChI is InChI=1S/C13H13N3O3/c1-2-7-14-11(17)8-16-10-6-4-3-5-9(10)12(15-16)13(18)19/h2-6H,1,7-8H2,(H,14,17)(H,18,19). The van der Waals surface area contributed by atoms with Crippen molar-refractivity contribution in [2.75, 3.05) is 6.54 Å². The molecule has 6 nitrogen and oxygen atoms in total. The molecule has 2 aromatic rings. The highest BCUT2D eigenvalue weighted by molar-refractivity contribution is 6.01. The number of benzene rings is 1. The predicted molar refractivity (Wildman–Crippen MR) is 69.9 cm³/mol. The molecule has 0 aliphatic heterocycles. The summed E-state index contributed by atoms with van der Waals surface area (Å²) in [6.07, 6.45) is 1.57. The average Bonchev–Trinajstić information content (AvgIpc) is 2.76. The summed E-state index contributed by atoms with van der Waals surface area (Å²) in [6.45, 7) is 3.84. The minimum absolute atomic E-state index is 0.0262. The van der Waals surface area contributed by atoms with Gasteiger partial charge in [0.05, 0.1) is 5.52 Å². The van der Waals surface area contributed by atoms with Crippen LogP contribution in [-0.4, -0.2) is 33.3 Å². The molecule has 1 amide bonds. The van der Waals surface area contributed by atoms with Crippen molar-refractivity contribution in [1.29, 1.82) is 0 Å².